The van der Waals surface area contributed by atoms with Crippen molar-refractivity contribution in [2.45, 2.75) is 44.7 Å². The zero-order chi connectivity index (χ0) is 12.7. The lowest BCUT2D eigenvalue weighted by Crippen LogP contribution is -2.48. The van der Waals surface area contributed by atoms with Crippen molar-refractivity contribution in [2.24, 2.45) is 0 Å². The standard InChI is InChI=1S/C14H17FN2S/c1-9-2-3-10-8-11(15)4-7-13(10)17(9)14(18)16-12-5-6-12/h4,7-9,12H,2-3,5-6H2,1H3,(H,16,18)/t9-/m0/s1. The van der Waals surface area contributed by atoms with Crippen molar-refractivity contribution in [2.75, 3.05) is 4.90 Å². The third kappa shape index (κ3) is 2.21. The molecular weight excluding hydrogens is 247 g/mol. The summed E-state index contributed by atoms with van der Waals surface area (Å²) >= 11 is 5.50. The molecule has 1 aromatic rings. The molecule has 0 saturated heterocycles. The van der Waals surface area contributed by atoms with Crippen molar-refractivity contribution in [3.8, 4) is 0 Å². The van der Waals surface area contributed by atoms with Crippen molar-refractivity contribution in [1.82, 2.24) is 5.32 Å². The van der Waals surface area contributed by atoms with Crippen LogP contribution in [0, 0.1) is 5.82 Å². The Morgan fingerprint density at radius 3 is 2.89 bits per heavy atom. The summed E-state index contributed by atoms with van der Waals surface area (Å²) in [4.78, 5) is 2.14. The number of thiocarbonyl (C=S) groups is 1. The van der Waals surface area contributed by atoms with E-state index in [1.54, 1.807) is 6.07 Å². The third-order valence-corrected chi connectivity index (χ3v) is 4.01. The molecule has 0 amide bonds. The Labute approximate surface area is 112 Å². The lowest BCUT2D eigenvalue weighted by molar-refractivity contribution is 0.600. The average molecular weight is 264 g/mol. The minimum atomic E-state index is -0.163. The average Bonchev–Trinajstić information content (AvgIpc) is 3.13. The zero-order valence-corrected chi connectivity index (χ0v) is 11.3. The molecule has 1 N–H and O–H groups in total. The highest BCUT2D eigenvalue weighted by atomic mass is 32.1. The highest BCUT2D eigenvalue weighted by Gasteiger charge is 2.29. The first-order chi connectivity index (χ1) is 8.65. The third-order valence-electron chi connectivity index (χ3n) is 3.70. The predicted molar refractivity (Wildman–Crippen MR) is 75.4 cm³/mol. The molecule has 2 nitrogen and oxygen atoms in total. The first-order valence-corrected chi connectivity index (χ1v) is 6.94. The van der Waals surface area contributed by atoms with Crippen LogP contribution < -0.4 is 10.2 Å². The van der Waals surface area contributed by atoms with Gasteiger partial charge in [-0.1, -0.05) is 0 Å². The van der Waals surface area contributed by atoms with Crippen molar-refractivity contribution >= 4 is 23.0 Å². The highest BCUT2D eigenvalue weighted by Crippen LogP contribution is 2.32. The summed E-state index contributed by atoms with van der Waals surface area (Å²) in [6, 6.07) is 5.93. The van der Waals surface area contributed by atoms with Crippen LogP contribution in [-0.2, 0) is 6.42 Å². The summed E-state index contributed by atoms with van der Waals surface area (Å²) in [5.41, 5.74) is 2.13. The summed E-state index contributed by atoms with van der Waals surface area (Å²) in [5, 5.41) is 4.16. The van der Waals surface area contributed by atoms with E-state index in [9.17, 15) is 4.39 Å². The maximum absolute atomic E-state index is 13.3. The largest absolute Gasteiger partial charge is 0.360 e. The van der Waals surface area contributed by atoms with E-state index in [4.69, 9.17) is 12.2 Å². The summed E-state index contributed by atoms with van der Waals surface area (Å²) in [6.45, 7) is 2.17. The molecule has 18 heavy (non-hydrogen) atoms. The van der Waals surface area contributed by atoms with Gasteiger partial charge >= 0.3 is 0 Å². The van der Waals surface area contributed by atoms with Crippen LogP contribution in [0.1, 0.15) is 31.7 Å². The van der Waals surface area contributed by atoms with Crippen molar-refractivity contribution in [3.63, 3.8) is 0 Å². The van der Waals surface area contributed by atoms with Gasteiger partial charge in [0.25, 0.3) is 0 Å². The van der Waals surface area contributed by atoms with Gasteiger partial charge in [0.1, 0.15) is 5.82 Å². The number of aryl methyl sites for hydroxylation is 1. The van der Waals surface area contributed by atoms with Gasteiger partial charge in [0.05, 0.1) is 0 Å². The molecule has 1 aromatic carbocycles. The van der Waals surface area contributed by atoms with E-state index in [1.807, 2.05) is 6.07 Å². The molecule has 2 aliphatic rings. The monoisotopic (exact) mass is 264 g/mol. The van der Waals surface area contributed by atoms with E-state index in [-0.39, 0.29) is 5.82 Å². The Morgan fingerprint density at radius 1 is 1.39 bits per heavy atom. The quantitative estimate of drug-likeness (QED) is 0.785. The number of anilines is 1. The molecule has 1 heterocycles. The van der Waals surface area contributed by atoms with Crippen molar-refractivity contribution in [1.29, 1.82) is 0 Å². The first kappa shape index (κ1) is 11.9. The Hall–Kier alpha value is -1.16. The number of halogens is 1. The summed E-state index contributed by atoms with van der Waals surface area (Å²) in [5.74, 6) is -0.163. The number of nitrogens with one attached hydrogen (secondary N) is 1. The van der Waals surface area contributed by atoms with Crippen LogP contribution in [-0.4, -0.2) is 17.2 Å². The molecule has 0 aromatic heterocycles. The number of nitrogens with zero attached hydrogens (tertiary/aromatic N) is 1. The first-order valence-electron chi connectivity index (χ1n) is 6.53. The van der Waals surface area contributed by atoms with Gasteiger partial charge in [-0.2, -0.15) is 0 Å². The normalized spacial score (nSPS) is 22.6. The molecule has 0 bridgehead atoms. The van der Waals surface area contributed by atoms with E-state index in [2.05, 4.69) is 17.1 Å². The fourth-order valence-corrected chi connectivity index (χ4v) is 2.95. The molecule has 1 atom stereocenters. The summed E-state index contributed by atoms with van der Waals surface area (Å²) < 4.78 is 13.3. The number of fused-ring (bicyclic) bond motifs is 1. The van der Waals surface area contributed by atoms with Gasteiger partial charge in [0.15, 0.2) is 5.11 Å². The number of hydrogen-bond acceptors (Lipinski definition) is 1. The van der Waals surface area contributed by atoms with E-state index < -0.39 is 0 Å². The number of benzene rings is 1. The van der Waals surface area contributed by atoms with Crippen molar-refractivity contribution < 1.29 is 4.39 Å². The van der Waals surface area contributed by atoms with E-state index >= 15 is 0 Å². The molecule has 0 unspecified atom stereocenters. The topological polar surface area (TPSA) is 15.3 Å². The van der Waals surface area contributed by atoms with Gasteiger partial charge in [-0.05, 0) is 68.6 Å². The fourth-order valence-electron chi connectivity index (χ4n) is 2.50. The lowest BCUT2D eigenvalue weighted by atomic mass is 9.97. The molecule has 0 radical (unpaired) electrons. The van der Waals surface area contributed by atoms with Crippen LogP contribution in [0.2, 0.25) is 0 Å². The summed E-state index contributed by atoms with van der Waals surface area (Å²) in [7, 11) is 0. The van der Waals surface area contributed by atoms with Crippen LogP contribution in [0.3, 0.4) is 0 Å². The second-order valence-corrected chi connectivity index (χ2v) is 5.64. The maximum atomic E-state index is 13.3. The molecule has 96 valence electrons. The van der Waals surface area contributed by atoms with Crippen molar-refractivity contribution in [3.05, 3.63) is 29.6 Å². The van der Waals surface area contributed by atoms with Gasteiger partial charge in [0.2, 0.25) is 0 Å². The molecular formula is C14H17FN2S. The number of rotatable bonds is 1. The Balaban J connectivity index is 1.90. The summed E-state index contributed by atoms with van der Waals surface area (Å²) in [6.07, 6.45) is 4.36. The fraction of sp³-hybridized carbons (Fsp3) is 0.500. The molecule has 0 spiro atoms. The van der Waals surface area contributed by atoms with Gasteiger partial charge in [0, 0.05) is 17.8 Å². The molecule has 4 heteroatoms. The molecule has 1 aliphatic heterocycles. The second kappa shape index (κ2) is 4.50. The van der Waals surface area contributed by atoms with Crippen LogP contribution >= 0.6 is 12.2 Å². The molecule has 1 saturated carbocycles. The minimum absolute atomic E-state index is 0.163. The van der Waals surface area contributed by atoms with Gasteiger partial charge in [-0.15, -0.1) is 0 Å². The number of hydrogen-bond donors (Lipinski definition) is 1. The SMILES string of the molecule is C[C@H]1CCc2cc(F)ccc2N1C(=S)NC1CC1. The van der Waals surface area contributed by atoms with Crippen LogP contribution in [0.25, 0.3) is 0 Å². The molecule has 1 fully saturated rings. The Morgan fingerprint density at radius 2 is 2.17 bits per heavy atom. The zero-order valence-electron chi connectivity index (χ0n) is 10.4. The smallest absolute Gasteiger partial charge is 0.173 e. The maximum Gasteiger partial charge on any atom is 0.173 e. The van der Waals surface area contributed by atoms with Crippen LogP contribution in [0.15, 0.2) is 18.2 Å². The van der Waals surface area contributed by atoms with Crippen LogP contribution in [0.4, 0.5) is 10.1 Å². The second-order valence-electron chi connectivity index (χ2n) is 5.25. The van der Waals surface area contributed by atoms with Gasteiger partial charge < -0.3 is 10.2 Å². The van der Waals surface area contributed by atoms with E-state index in [0.29, 0.717) is 12.1 Å². The highest BCUT2D eigenvalue weighted by molar-refractivity contribution is 7.80. The van der Waals surface area contributed by atoms with Gasteiger partial charge in [-0.3, -0.25) is 0 Å². The predicted octanol–water partition coefficient (Wildman–Crippen LogP) is 3.00. The molecule has 1 aliphatic carbocycles. The lowest BCUT2D eigenvalue weighted by Gasteiger charge is -2.37. The van der Waals surface area contributed by atoms with E-state index in [1.165, 1.54) is 18.9 Å². The Kier molecular flexibility index (Phi) is 2.98. The minimum Gasteiger partial charge on any atom is -0.360 e. The van der Waals surface area contributed by atoms with Gasteiger partial charge in [-0.25, -0.2) is 4.39 Å². The van der Waals surface area contributed by atoms with E-state index in [0.717, 1.165) is 29.2 Å². The Bertz CT molecular complexity index is 485. The van der Waals surface area contributed by atoms with Crippen LogP contribution in [0.5, 0.6) is 0 Å². The molecule has 3 rings (SSSR count).